The van der Waals surface area contributed by atoms with Gasteiger partial charge in [0.2, 0.25) is 5.91 Å². The lowest BCUT2D eigenvalue weighted by Gasteiger charge is -2.19. The maximum atomic E-state index is 13.3. The molecule has 0 saturated carbocycles. The molecule has 4 aromatic rings. The average molecular weight is 423 g/mol. The summed E-state index contributed by atoms with van der Waals surface area (Å²) in [6.45, 7) is 0.349. The van der Waals surface area contributed by atoms with Crippen LogP contribution in [0.2, 0.25) is 0 Å². The van der Waals surface area contributed by atoms with E-state index in [1.165, 1.54) is 6.07 Å². The summed E-state index contributed by atoms with van der Waals surface area (Å²) in [4.78, 5) is 17.1. The van der Waals surface area contributed by atoms with Crippen molar-refractivity contribution in [3.63, 3.8) is 0 Å². The molecule has 31 heavy (non-hydrogen) atoms. The lowest BCUT2D eigenvalue weighted by Crippen LogP contribution is -2.25. The SMILES string of the molecule is O=C(CC(c1cccc(C(F)(F)F)c1)c1cnc2ccccn12)NCc1ccccc1. The van der Waals surface area contributed by atoms with Gasteiger partial charge in [0, 0.05) is 31.3 Å². The lowest BCUT2D eigenvalue weighted by molar-refractivity contribution is -0.137. The quantitative estimate of drug-likeness (QED) is 0.464. The Morgan fingerprint density at radius 1 is 1.00 bits per heavy atom. The molecule has 158 valence electrons. The topological polar surface area (TPSA) is 46.4 Å². The number of nitrogens with zero attached hydrogens (tertiary/aromatic N) is 2. The van der Waals surface area contributed by atoms with Gasteiger partial charge in [-0.05, 0) is 29.3 Å². The normalized spacial score (nSPS) is 12.6. The Morgan fingerprint density at radius 3 is 2.55 bits per heavy atom. The highest BCUT2D eigenvalue weighted by molar-refractivity contribution is 5.77. The van der Waals surface area contributed by atoms with Gasteiger partial charge in [0.15, 0.2) is 0 Å². The van der Waals surface area contributed by atoms with Crippen molar-refractivity contribution in [2.45, 2.75) is 25.1 Å². The third kappa shape index (κ3) is 4.77. The summed E-state index contributed by atoms with van der Waals surface area (Å²) >= 11 is 0. The zero-order valence-corrected chi connectivity index (χ0v) is 16.5. The van der Waals surface area contributed by atoms with E-state index >= 15 is 0 Å². The highest BCUT2D eigenvalue weighted by Crippen LogP contribution is 2.34. The molecule has 2 heterocycles. The maximum Gasteiger partial charge on any atom is 0.416 e. The number of pyridine rings is 1. The number of benzene rings is 2. The van der Waals surface area contributed by atoms with Gasteiger partial charge in [-0.1, -0.05) is 54.6 Å². The molecule has 0 aliphatic heterocycles. The number of hydrogen-bond donors (Lipinski definition) is 1. The Labute approximate surface area is 177 Å². The molecule has 1 atom stereocenters. The molecule has 2 aromatic heterocycles. The van der Waals surface area contributed by atoms with Crippen LogP contribution in [0.5, 0.6) is 0 Å². The van der Waals surface area contributed by atoms with Crippen molar-refractivity contribution in [2.24, 2.45) is 0 Å². The van der Waals surface area contributed by atoms with Crippen molar-refractivity contribution in [3.05, 3.63) is 108 Å². The summed E-state index contributed by atoms with van der Waals surface area (Å²) in [5, 5.41) is 2.86. The zero-order chi connectivity index (χ0) is 21.8. The smallest absolute Gasteiger partial charge is 0.352 e. The minimum Gasteiger partial charge on any atom is -0.352 e. The first-order chi connectivity index (χ1) is 14.9. The fourth-order valence-corrected chi connectivity index (χ4v) is 3.59. The summed E-state index contributed by atoms with van der Waals surface area (Å²) < 4.78 is 41.7. The molecule has 4 rings (SSSR count). The van der Waals surface area contributed by atoms with Crippen molar-refractivity contribution in [1.82, 2.24) is 14.7 Å². The highest BCUT2D eigenvalue weighted by atomic mass is 19.4. The first-order valence-electron chi connectivity index (χ1n) is 9.81. The molecular formula is C24H20F3N3O. The second kappa shape index (κ2) is 8.63. The molecule has 4 nitrogen and oxygen atoms in total. The second-order valence-corrected chi connectivity index (χ2v) is 7.25. The molecule has 1 amide bonds. The van der Waals surface area contributed by atoms with Gasteiger partial charge in [0.25, 0.3) is 0 Å². The van der Waals surface area contributed by atoms with Gasteiger partial charge in [-0.2, -0.15) is 13.2 Å². The standard InChI is InChI=1S/C24H20F3N3O/c25-24(26,27)19-10-6-9-18(13-19)20(21-16-28-22-11-4-5-12-30(21)22)14-23(31)29-15-17-7-2-1-3-8-17/h1-13,16,20H,14-15H2,(H,29,31). The van der Waals surface area contributed by atoms with E-state index < -0.39 is 17.7 Å². The van der Waals surface area contributed by atoms with E-state index in [0.29, 0.717) is 23.4 Å². The Bertz CT molecular complexity index is 1190. The van der Waals surface area contributed by atoms with E-state index in [-0.39, 0.29) is 12.3 Å². The average Bonchev–Trinajstić information content (AvgIpc) is 3.20. The van der Waals surface area contributed by atoms with E-state index in [2.05, 4.69) is 10.3 Å². The Balaban J connectivity index is 1.65. The van der Waals surface area contributed by atoms with Gasteiger partial charge in [0.1, 0.15) is 5.65 Å². The van der Waals surface area contributed by atoms with Crippen LogP contribution in [-0.2, 0) is 17.5 Å². The van der Waals surface area contributed by atoms with Crippen LogP contribution in [0.25, 0.3) is 5.65 Å². The maximum absolute atomic E-state index is 13.3. The number of hydrogen-bond acceptors (Lipinski definition) is 2. The largest absolute Gasteiger partial charge is 0.416 e. The van der Waals surface area contributed by atoms with Crippen LogP contribution in [0.3, 0.4) is 0 Å². The number of alkyl halides is 3. The number of nitrogens with one attached hydrogen (secondary N) is 1. The van der Waals surface area contributed by atoms with E-state index in [1.807, 2.05) is 48.5 Å². The van der Waals surface area contributed by atoms with Crippen molar-refractivity contribution in [2.75, 3.05) is 0 Å². The molecule has 0 aliphatic carbocycles. The summed E-state index contributed by atoms with van der Waals surface area (Å²) in [5.74, 6) is -0.840. The molecule has 0 fully saturated rings. The number of imidazole rings is 1. The zero-order valence-electron chi connectivity index (χ0n) is 16.5. The van der Waals surface area contributed by atoms with Crippen molar-refractivity contribution in [1.29, 1.82) is 0 Å². The molecule has 7 heteroatoms. The van der Waals surface area contributed by atoms with Gasteiger partial charge in [-0.25, -0.2) is 4.98 Å². The summed E-state index contributed by atoms with van der Waals surface area (Å²) in [6, 6.07) is 20.0. The van der Waals surface area contributed by atoms with Crippen LogP contribution in [0, 0.1) is 0 Å². The molecule has 0 spiro atoms. The van der Waals surface area contributed by atoms with E-state index in [9.17, 15) is 18.0 Å². The molecule has 0 radical (unpaired) electrons. The van der Waals surface area contributed by atoms with Gasteiger partial charge in [-0.3, -0.25) is 4.79 Å². The van der Waals surface area contributed by atoms with E-state index in [1.54, 1.807) is 22.9 Å². The fraction of sp³-hybridized carbons (Fsp3) is 0.167. The molecule has 1 unspecified atom stereocenters. The second-order valence-electron chi connectivity index (χ2n) is 7.25. The van der Waals surface area contributed by atoms with Crippen LogP contribution in [0.15, 0.2) is 85.2 Å². The van der Waals surface area contributed by atoms with Crippen molar-refractivity contribution in [3.8, 4) is 0 Å². The predicted molar refractivity (Wildman–Crippen MR) is 111 cm³/mol. The minimum atomic E-state index is -4.46. The molecular weight excluding hydrogens is 403 g/mol. The molecule has 2 aromatic carbocycles. The molecule has 0 saturated heterocycles. The van der Waals surface area contributed by atoms with Crippen LogP contribution in [-0.4, -0.2) is 15.3 Å². The number of aromatic nitrogens is 2. The number of carbonyl (C=O) groups is 1. The number of amides is 1. The number of halogens is 3. The van der Waals surface area contributed by atoms with Crippen molar-refractivity contribution >= 4 is 11.6 Å². The van der Waals surface area contributed by atoms with E-state index in [4.69, 9.17) is 0 Å². The summed E-state index contributed by atoms with van der Waals surface area (Å²) in [7, 11) is 0. The minimum absolute atomic E-state index is 0.00314. The van der Waals surface area contributed by atoms with Gasteiger partial charge in [-0.15, -0.1) is 0 Å². The molecule has 1 N–H and O–H groups in total. The highest BCUT2D eigenvalue weighted by Gasteiger charge is 2.32. The van der Waals surface area contributed by atoms with E-state index in [0.717, 1.165) is 17.7 Å². The fourth-order valence-electron chi connectivity index (χ4n) is 3.59. The first kappa shape index (κ1) is 20.7. The van der Waals surface area contributed by atoms with Crippen molar-refractivity contribution < 1.29 is 18.0 Å². The summed E-state index contributed by atoms with van der Waals surface area (Å²) in [6.07, 6.45) is -1.06. The Morgan fingerprint density at radius 2 is 1.77 bits per heavy atom. The van der Waals surface area contributed by atoms with Crippen LogP contribution in [0.4, 0.5) is 13.2 Å². The van der Waals surface area contributed by atoms with Gasteiger partial charge < -0.3 is 9.72 Å². The van der Waals surface area contributed by atoms with Crippen LogP contribution in [0.1, 0.15) is 34.7 Å². The predicted octanol–water partition coefficient (Wildman–Crippen LogP) is 5.19. The van der Waals surface area contributed by atoms with Gasteiger partial charge >= 0.3 is 6.18 Å². The Kier molecular flexibility index (Phi) is 5.75. The van der Waals surface area contributed by atoms with Gasteiger partial charge in [0.05, 0.1) is 11.3 Å². The monoisotopic (exact) mass is 423 g/mol. The number of rotatable bonds is 6. The molecule has 0 aliphatic rings. The summed E-state index contributed by atoms with van der Waals surface area (Å²) in [5.41, 5.74) is 1.94. The van der Waals surface area contributed by atoms with Crippen LogP contribution < -0.4 is 5.32 Å². The third-order valence-electron chi connectivity index (χ3n) is 5.14. The Hall–Kier alpha value is -3.61. The first-order valence-corrected chi connectivity index (χ1v) is 9.81. The number of fused-ring (bicyclic) bond motifs is 1. The van der Waals surface area contributed by atoms with Crippen LogP contribution >= 0.6 is 0 Å². The molecule has 0 bridgehead atoms. The third-order valence-corrected chi connectivity index (χ3v) is 5.14. The lowest BCUT2D eigenvalue weighted by atomic mass is 9.91. The number of carbonyl (C=O) groups excluding carboxylic acids is 1.